The van der Waals surface area contributed by atoms with Gasteiger partial charge in [0.1, 0.15) is 17.5 Å². The second kappa shape index (κ2) is 9.59. The van der Waals surface area contributed by atoms with E-state index in [4.69, 9.17) is 4.98 Å². The molecule has 0 spiro atoms. The second-order valence-electron chi connectivity index (χ2n) is 5.68. The first kappa shape index (κ1) is 17.7. The maximum Gasteiger partial charge on any atom is 0.134 e. The smallest absolute Gasteiger partial charge is 0.134 e. The van der Waals surface area contributed by atoms with E-state index in [9.17, 15) is 0 Å². The van der Waals surface area contributed by atoms with E-state index in [1.165, 1.54) is 12.8 Å². The van der Waals surface area contributed by atoms with Gasteiger partial charge in [-0.2, -0.15) is 0 Å². The summed E-state index contributed by atoms with van der Waals surface area (Å²) in [5, 5.41) is 7.06. The number of nitrogens with one attached hydrogen (secondary N) is 2. The molecule has 4 nitrogen and oxygen atoms in total. The fraction of sp³-hybridized carbons (Fsp3) is 0.765. The van der Waals surface area contributed by atoms with Crippen LogP contribution in [0.25, 0.3) is 0 Å². The first-order valence-corrected chi connectivity index (χ1v) is 8.54. The lowest BCUT2D eigenvalue weighted by Crippen LogP contribution is -2.21. The molecule has 0 aliphatic heterocycles. The predicted octanol–water partition coefficient (Wildman–Crippen LogP) is 4.55. The lowest BCUT2D eigenvalue weighted by atomic mass is 10.1. The maximum atomic E-state index is 4.74. The summed E-state index contributed by atoms with van der Waals surface area (Å²) in [6.45, 7) is 11.9. The molecule has 0 aliphatic carbocycles. The zero-order chi connectivity index (χ0) is 15.7. The lowest BCUT2D eigenvalue weighted by Gasteiger charge is -2.20. The number of nitrogens with zero attached hydrogens (tertiary/aromatic N) is 2. The van der Waals surface area contributed by atoms with Gasteiger partial charge in [-0.1, -0.05) is 34.1 Å². The Balaban J connectivity index is 3.00. The van der Waals surface area contributed by atoms with Crippen LogP contribution in [0.15, 0.2) is 0 Å². The standard InChI is InChI=1S/C17H32N4/c1-6-10-14(9-4)19-17-13(5)16(18-12-8-3)20-15(21-17)11-7-2/h14H,6-12H2,1-5H3,(H2,18,19,20,21). The van der Waals surface area contributed by atoms with E-state index in [1.807, 2.05) is 0 Å². The summed E-state index contributed by atoms with van der Waals surface area (Å²) in [6, 6.07) is 0.497. The number of rotatable bonds is 10. The van der Waals surface area contributed by atoms with Crippen molar-refractivity contribution in [3.8, 4) is 0 Å². The van der Waals surface area contributed by atoms with Crippen LogP contribution >= 0.6 is 0 Å². The van der Waals surface area contributed by atoms with Crippen LogP contribution in [0, 0.1) is 6.92 Å². The minimum absolute atomic E-state index is 0.497. The number of hydrogen-bond acceptors (Lipinski definition) is 4. The van der Waals surface area contributed by atoms with Crippen molar-refractivity contribution in [2.24, 2.45) is 0 Å². The predicted molar refractivity (Wildman–Crippen MR) is 92.2 cm³/mol. The fourth-order valence-corrected chi connectivity index (χ4v) is 2.37. The molecule has 120 valence electrons. The molecule has 21 heavy (non-hydrogen) atoms. The monoisotopic (exact) mass is 292 g/mol. The number of anilines is 2. The average molecular weight is 292 g/mol. The Morgan fingerprint density at radius 3 is 2.24 bits per heavy atom. The maximum absolute atomic E-state index is 4.74. The zero-order valence-electron chi connectivity index (χ0n) is 14.4. The van der Waals surface area contributed by atoms with Gasteiger partial charge in [0.2, 0.25) is 0 Å². The van der Waals surface area contributed by atoms with Gasteiger partial charge in [-0.25, -0.2) is 9.97 Å². The van der Waals surface area contributed by atoms with Crippen LogP contribution in [0.5, 0.6) is 0 Å². The van der Waals surface area contributed by atoms with Gasteiger partial charge in [-0.05, 0) is 32.6 Å². The Labute approximate surface area is 130 Å². The van der Waals surface area contributed by atoms with E-state index in [0.29, 0.717) is 6.04 Å². The van der Waals surface area contributed by atoms with Crippen LogP contribution < -0.4 is 10.6 Å². The molecular weight excluding hydrogens is 260 g/mol. The molecule has 1 atom stereocenters. The number of hydrogen-bond donors (Lipinski definition) is 2. The molecule has 0 radical (unpaired) electrons. The van der Waals surface area contributed by atoms with Gasteiger partial charge in [-0.15, -0.1) is 0 Å². The van der Waals surface area contributed by atoms with Gasteiger partial charge in [-0.3, -0.25) is 0 Å². The Hall–Kier alpha value is -1.32. The molecule has 0 saturated carbocycles. The fourth-order valence-electron chi connectivity index (χ4n) is 2.37. The van der Waals surface area contributed by atoms with Gasteiger partial charge < -0.3 is 10.6 Å². The molecule has 1 aromatic rings. The van der Waals surface area contributed by atoms with Gasteiger partial charge in [0.25, 0.3) is 0 Å². The van der Waals surface area contributed by atoms with Crippen LogP contribution in [0.1, 0.15) is 71.2 Å². The van der Waals surface area contributed by atoms with Crippen molar-refractivity contribution in [2.75, 3.05) is 17.2 Å². The van der Waals surface area contributed by atoms with E-state index < -0.39 is 0 Å². The van der Waals surface area contributed by atoms with Crippen molar-refractivity contribution in [3.63, 3.8) is 0 Å². The molecule has 1 heterocycles. The van der Waals surface area contributed by atoms with Crippen molar-refractivity contribution in [1.82, 2.24) is 9.97 Å². The molecule has 0 amide bonds. The second-order valence-corrected chi connectivity index (χ2v) is 5.68. The topological polar surface area (TPSA) is 49.8 Å². The van der Waals surface area contributed by atoms with E-state index in [1.54, 1.807) is 0 Å². The van der Waals surface area contributed by atoms with E-state index in [-0.39, 0.29) is 0 Å². The zero-order valence-corrected chi connectivity index (χ0v) is 14.4. The molecule has 0 aliphatic rings. The highest BCUT2D eigenvalue weighted by atomic mass is 15.1. The van der Waals surface area contributed by atoms with Crippen LogP contribution in [0.4, 0.5) is 11.6 Å². The summed E-state index contributed by atoms with van der Waals surface area (Å²) < 4.78 is 0. The third kappa shape index (κ3) is 5.52. The molecule has 1 unspecified atom stereocenters. The van der Waals surface area contributed by atoms with Gasteiger partial charge in [0.15, 0.2) is 0 Å². The summed E-state index contributed by atoms with van der Waals surface area (Å²) >= 11 is 0. The molecule has 0 saturated heterocycles. The SMILES string of the molecule is CCCNc1nc(CCC)nc(NC(CC)CCC)c1C. The van der Waals surface area contributed by atoms with E-state index >= 15 is 0 Å². The molecule has 4 heteroatoms. The van der Waals surface area contributed by atoms with Gasteiger partial charge >= 0.3 is 0 Å². The summed E-state index contributed by atoms with van der Waals surface area (Å²) in [5.74, 6) is 2.94. The summed E-state index contributed by atoms with van der Waals surface area (Å²) in [5.41, 5.74) is 1.14. The highest BCUT2D eigenvalue weighted by Gasteiger charge is 2.13. The van der Waals surface area contributed by atoms with Crippen LogP contribution in [-0.4, -0.2) is 22.6 Å². The molecule has 1 rings (SSSR count). The highest BCUT2D eigenvalue weighted by Crippen LogP contribution is 2.22. The van der Waals surface area contributed by atoms with Crippen LogP contribution in [0.2, 0.25) is 0 Å². The highest BCUT2D eigenvalue weighted by molar-refractivity contribution is 5.57. The van der Waals surface area contributed by atoms with Gasteiger partial charge in [0, 0.05) is 24.6 Å². The van der Waals surface area contributed by atoms with Crippen molar-refractivity contribution < 1.29 is 0 Å². The molecule has 0 bridgehead atoms. The Kier molecular flexibility index (Phi) is 8.09. The number of aryl methyl sites for hydroxylation is 1. The van der Waals surface area contributed by atoms with Gasteiger partial charge in [0.05, 0.1) is 0 Å². The summed E-state index contributed by atoms with van der Waals surface area (Å²) in [4.78, 5) is 9.42. The molecule has 0 aromatic carbocycles. The van der Waals surface area contributed by atoms with Crippen LogP contribution in [-0.2, 0) is 6.42 Å². The minimum atomic E-state index is 0.497. The van der Waals surface area contributed by atoms with E-state index in [0.717, 1.165) is 55.3 Å². The minimum Gasteiger partial charge on any atom is -0.370 e. The Bertz CT molecular complexity index is 417. The summed E-state index contributed by atoms with van der Waals surface area (Å²) in [6.07, 6.45) is 6.60. The quantitative estimate of drug-likeness (QED) is 0.664. The van der Waals surface area contributed by atoms with Crippen LogP contribution in [0.3, 0.4) is 0 Å². The van der Waals surface area contributed by atoms with Crippen molar-refractivity contribution in [2.45, 2.75) is 79.2 Å². The summed E-state index contributed by atoms with van der Waals surface area (Å²) in [7, 11) is 0. The first-order chi connectivity index (χ1) is 10.2. The lowest BCUT2D eigenvalue weighted by molar-refractivity contribution is 0.618. The molecule has 2 N–H and O–H groups in total. The Morgan fingerprint density at radius 2 is 1.67 bits per heavy atom. The molecular formula is C17H32N4. The van der Waals surface area contributed by atoms with Crippen molar-refractivity contribution in [1.29, 1.82) is 0 Å². The third-order valence-electron chi connectivity index (χ3n) is 3.68. The number of aromatic nitrogens is 2. The first-order valence-electron chi connectivity index (χ1n) is 8.54. The third-order valence-corrected chi connectivity index (χ3v) is 3.68. The van der Waals surface area contributed by atoms with Crippen molar-refractivity contribution >= 4 is 11.6 Å². The average Bonchev–Trinajstić information content (AvgIpc) is 2.48. The van der Waals surface area contributed by atoms with E-state index in [2.05, 4.69) is 50.2 Å². The normalized spacial score (nSPS) is 12.2. The molecule has 0 fully saturated rings. The molecule has 1 aromatic heterocycles. The largest absolute Gasteiger partial charge is 0.370 e. The van der Waals surface area contributed by atoms with Crippen molar-refractivity contribution in [3.05, 3.63) is 11.4 Å². The Morgan fingerprint density at radius 1 is 0.952 bits per heavy atom.